The van der Waals surface area contributed by atoms with Gasteiger partial charge in [-0.25, -0.2) is 0 Å². The number of amides is 1. The van der Waals surface area contributed by atoms with E-state index in [0.29, 0.717) is 13.0 Å². The van der Waals surface area contributed by atoms with E-state index in [2.05, 4.69) is 15.5 Å². The van der Waals surface area contributed by atoms with Crippen LogP contribution in [0.25, 0.3) is 5.65 Å². The van der Waals surface area contributed by atoms with Gasteiger partial charge in [-0.2, -0.15) is 0 Å². The van der Waals surface area contributed by atoms with Gasteiger partial charge < -0.3 is 5.32 Å². The molecule has 3 rings (SSSR count). The van der Waals surface area contributed by atoms with Crippen molar-refractivity contribution in [2.75, 3.05) is 6.54 Å². The van der Waals surface area contributed by atoms with E-state index in [-0.39, 0.29) is 5.91 Å². The van der Waals surface area contributed by atoms with E-state index < -0.39 is 0 Å². The number of carbonyl (C=O) groups excluding carboxylic acids is 1. The van der Waals surface area contributed by atoms with Gasteiger partial charge in [0.05, 0.1) is 0 Å². The monoisotopic (exact) mass is 294 g/mol. The first-order valence-electron chi connectivity index (χ1n) is 7.30. The van der Waals surface area contributed by atoms with E-state index in [9.17, 15) is 4.79 Å². The second-order valence-electron chi connectivity index (χ2n) is 5.30. The second kappa shape index (κ2) is 5.97. The number of benzene rings is 1. The lowest BCUT2D eigenvalue weighted by atomic mass is 10.0. The standard InChI is InChI=1S/C17H18N4O/c1-12-6-5-7-14(13(12)2)17(22)18-10-9-16-20-19-15-8-3-4-11-21(15)16/h3-8,11H,9-10H2,1-2H3,(H,18,22). The second-order valence-corrected chi connectivity index (χ2v) is 5.30. The molecule has 2 aromatic heterocycles. The SMILES string of the molecule is Cc1cccc(C(=O)NCCc2nnc3ccccn23)c1C. The summed E-state index contributed by atoms with van der Waals surface area (Å²) in [5, 5.41) is 11.2. The Kier molecular flexibility index (Phi) is 3.87. The molecule has 0 aliphatic heterocycles. The van der Waals surface area contributed by atoms with Crippen LogP contribution in [0.3, 0.4) is 0 Å². The Labute approximate surface area is 129 Å². The zero-order valence-corrected chi connectivity index (χ0v) is 12.7. The molecule has 0 atom stereocenters. The first kappa shape index (κ1) is 14.3. The molecule has 0 saturated carbocycles. The van der Waals surface area contributed by atoms with Crippen LogP contribution in [0.5, 0.6) is 0 Å². The molecule has 0 saturated heterocycles. The molecule has 3 aromatic rings. The van der Waals surface area contributed by atoms with Crippen molar-refractivity contribution in [3.05, 3.63) is 65.1 Å². The predicted octanol–water partition coefficient (Wildman–Crippen LogP) is 2.32. The molecule has 22 heavy (non-hydrogen) atoms. The minimum atomic E-state index is -0.0463. The molecule has 1 amide bonds. The molecule has 0 bridgehead atoms. The van der Waals surface area contributed by atoms with Crippen molar-refractivity contribution in [3.8, 4) is 0 Å². The van der Waals surface area contributed by atoms with E-state index in [1.54, 1.807) is 0 Å². The number of fused-ring (bicyclic) bond motifs is 1. The van der Waals surface area contributed by atoms with Gasteiger partial charge in [0, 0.05) is 24.7 Å². The molecule has 0 spiro atoms. The van der Waals surface area contributed by atoms with Crippen molar-refractivity contribution in [1.29, 1.82) is 0 Å². The highest BCUT2D eigenvalue weighted by Gasteiger charge is 2.10. The third-order valence-electron chi connectivity index (χ3n) is 3.87. The van der Waals surface area contributed by atoms with E-state index in [1.807, 2.05) is 60.8 Å². The van der Waals surface area contributed by atoms with Gasteiger partial charge in [0.25, 0.3) is 5.91 Å². The Balaban J connectivity index is 1.66. The summed E-state index contributed by atoms with van der Waals surface area (Å²) < 4.78 is 1.93. The summed E-state index contributed by atoms with van der Waals surface area (Å²) in [6, 6.07) is 11.5. The van der Waals surface area contributed by atoms with Crippen LogP contribution in [0, 0.1) is 13.8 Å². The first-order valence-corrected chi connectivity index (χ1v) is 7.30. The Morgan fingerprint density at radius 1 is 1.14 bits per heavy atom. The van der Waals surface area contributed by atoms with Crippen molar-refractivity contribution < 1.29 is 4.79 Å². The molecule has 112 valence electrons. The number of carbonyl (C=O) groups is 1. The van der Waals surface area contributed by atoms with Gasteiger partial charge in [0.15, 0.2) is 5.65 Å². The summed E-state index contributed by atoms with van der Waals surface area (Å²) in [6.45, 7) is 4.51. The smallest absolute Gasteiger partial charge is 0.251 e. The molecule has 0 aliphatic carbocycles. The number of aryl methyl sites for hydroxylation is 1. The minimum Gasteiger partial charge on any atom is -0.352 e. The van der Waals surface area contributed by atoms with E-state index >= 15 is 0 Å². The molecular formula is C17H18N4O. The molecule has 2 heterocycles. The number of hydrogen-bond acceptors (Lipinski definition) is 3. The molecule has 0 unspecified atom stereocenters. The van der Waals surface area contributed by atoms with Crippen molar-refractivity contribution in [2.24, 2.45) is 0 Å². The maximum Gasteiger partial charge on any atom is 0.251 e. The van der Waals surface area contributed by atoms with Gasteiger partial charge in [-0.3, -0.25) is 9.20 Å². The van der Waals surface area contributed by atoms with Gasteiger partial charge >= 0.3 is 0 Å². The zero-order chi connectivity index (χ0) is 15.5. The molecule has 1 aromatic carbocycles. The summed E-state index contributed by atoms with van der Waals surface area (Å²) in [6.07, 6.45) is 2.57. The fraction of sp³-hybridized carbons (Fsp3) is 0.235. The summed E-state index contributed by atoms with van der Waals surface area (Å²) in [5.74, 6) is 0.798. The Morgan fingerprint density at radius 2 is 2.00 bits per heavy atom. The normalized spacial score (nSPS) is 10.8. The van der Waals surface area contributed by atoms with Crippen LogP contribution in [0.2, 0.25) is 0 Å². The van der Waals surface area contributed by atoms with Gasteiger partial charge in [-0.05, 0) is 43.2 Å². The highest BCUT2D eigenvalue weighted by atomic mass is 16.1. The quantitative estimate of drug-likeness (QED) is 0.803. The van der Waals surface area contributed by atoms with Crippen LogP contribution in [-0.4, -0.2) is 27.0 Å². The molecule has 0 radical (unpaired) electrons. The van der Waals surface area contributed by atoms with E-state index in [0.717, 1.165) is 28.2 Å². The van der Waals surface area contributed by atoms with Gasteiger partial charge in [-0.15, -0.1) is 10.2 Å². The van der Waals surface area contributed by atoms with E-state index in [4.69, 9.17) is 0 Å². The lowest BCUT2D eigenvalue weighted by molar-refractivity contribution is 0.0953. The number of hydrogen-bond donors (Lipinski definition) is 1. The number of aromatic nitrogens is 3. The maximum atomic E-state index is 12.3. The highest BCUT2D eigenvalue weighted by molar-refractivity contribution is 5.95. The summed E-state index contributed by atoms with van der Waals surface area (Å²) in [5.41, 5.74) is 3.69. The molecule has 5 nitrogen and oxygen atoms in total. The third kappa shape index (κ3) is 2.70. The fourth-order valence-corrected chi connectivity index (χ4v) is 2.44. The van der Waals surface area contributed by atoms with Gasteiger partial charge in [-0.1, -0.05) is 18.2 Å². The average molecular weight is 294 g/mol. The van der Waals surface area contributed by atoms with Crippen molar-refractivity contribution in [1.82, 2.24) is 19.9 Å². The Hall–Kier alpha value is -2.69. The third-order valence-corrected chi connectivity index (χ3v) is 3.87. The van der Waals surface area contributed by atoms with E-state index in [1.165, 1.54) is 0 Å². The van der Waals surface area contributed by atoms with Gasteiger partial charge in [0.2, 0.25) is 0 Å². The zero-order valence-electron chi connectivity index (χ0n) is 12.7. The number of pyridine rings is 1. The molecular weight excluding hydrogens is 276 g/mol. The Bertz CT molecular complexity index is 822. The summed E-state index contributed by atoms with van der Waals surface area (Å²) in [4.78, 5) is 12.3. The summed E-state index contributed by atoms with van der Waals surface area (Å²) in [7, 11) is 0. The van der Waals surface area contributed by atoms with Crippen LogP contribution in [0.4, 0.5) is 0 Å². The number of nitrogens with zero attached hydrogens (tertiary/aromatic N) is 3. The molecule has 0 aliphatic rings. The largest absolute Gasteiger partial charge is 0.352 e. The lowest BCUT2D eigenvalue weighted by Crippen LogP contribution is -2.27. The number of nitrogens with one attached hydrogen (secondary N) is 1. The fourth-order valence-electron chi connectivity index (χ4n) is 2.44. The van der Waals surface area contributed by atoms with Crippen LogP contribution >= 0.6 is 0 Å². The van der Waals surface area contributed by atoms with Crippen LogP contribution in [0.15, 0.2) is 42.6 Å². The van der Waals surface area contributed by atoms with Crippen LogP contribution in [-0.2, 0) is 6.42 Å². The van der Waals surface area contributed by atoms with Crippen LogP contribution < -0.4 is 5.32 Å². The van der Waals surface area contributed by atoms with Crippen molar-refractivity contribution in [2.45, 2.75) is 20.3 Å². The van der Waals surface area contributed by atoms with Crippen LogP contribution in [0.1, 0.15) is 27.3 Å². The molecule has 1 N–H and O–H groups in total. The molecule has 5 heteroatoms. The average Bonchev–Trinajstić information content (AvgIpc) is 2.93. The first-order chi connectivity index (χ1) is 10.7. The topological polar surface area (TPSA) is 59.3 Å². The van der Waals surface area contributed by atoms with Crippen molar-refractivity contribution in [3.63, 3.8) is 0 Å². The molecule has 0 fully saturated rings. The highest BCUT2D eigenvalue weighted by Crippen LogP contribution is 2.12. The lowest BCUT2D eigenvalue weighted by Gasteiger charge is -2.09. The predicted molar refractivity (Wildman–Crippen MR) is 84.9 cm³/mol. The maximum absolute atomic E-state index is 12.3. The Morgan fingerprint density at radius 3 is 2.86 bits per heavy atom. The van der Waals surface area contributed by atoms with Gasteiger partial charge in [0.1, 0.15) is 5.82 Å². The van der Waals surface area contributed by atoms with Crippen molar-refractivity contribution >= 4 is 11.6 Å². The minimum absolute atomic E-state index is 0.0463. The summed E-state index contributed by atoms with van der Waals surface area (Å²) >= 11 is 0. The number of rotatable bonds is 4.